The van der Waals surface area contributed by atoms with Gasteiger partial charge in [-0.05, 0) is 55.4 Å². The van der Waals surface area contributed by atoms with Crippen molar-refractivity contribution in [3.63, 3.8) is 0 Å². The molecular weight excluding hydrogens is 448 g/mol. The van der Waals surface area contributed by atoms with Crippen molar-refractivity contribution in [2.45, 2.75) is 44.7 Å². The Kier molecular flexibility index (Phi) is 5.33. The number of aromatic nitrogens is 2. The predicted octanol–water partition coefficient (Wildman–Crippen LogP) is 4.12. The number of rotatable bonds is 4. The Labute approximate surface area is 203 Å². The molecule has 0 unspecified atom stereocenters. The van der Waals surface area contributed by atoms with E-state index in [0.717, 1.165) is 81.8 Å². The van der Waals surface area contributed by atoms with Gasteiger partial charge in [-0.1, -0.05) is 6.07 Å². The predicted molar refractivity (Wildman–Crippen MR) is 132 cm³/mol. The molecule has 178 valence electrons. The van der Waals surface area contributed by atoms with Gasteiger partial charge in [-0.3, -0.25) is 4.90 Å². The average Bonchev–Trinajstić information content (AvgIpc) is 3.60. The smallest absolute Gasteiger partial charge is 0.161 e. The highest BCUT2D eigenvalue weighted by molar-refractivity contribution is 7.19. The number of hydrogen-bond donors (Lipinski definition) is 0. The maximum atomic E-state index is 5.90. The number of thiophene rings is 1. The molecule has 0 saturated carbocycles. The van der Waals surface area contributed by atoms with Crippen molar-refractivity contribution in [2.75, 3.05) is 51.0 Å². The molecule has 1 atom stereocenters. The van der Waals surface area contributed by atoms with E-state index in [1.165, 1.54) is 39.1 Å². The van der Waals surface area contributed by atoms with E-state index in [1.54, 1.807) is 0 Å². The molecule has 2 saturated heterocycles. The standard InChI is InChI=1S/C26H30N4O3S/c1-3-18-22(5-1)34-26-24(18)25(27-23(28-26)16-29-9-11-31-12-10-29)30-8-2-4-19(30)17-6-7-20-21(15-17)33-14-13-32-20/h6-7,15,19H,1-5,8-14,16H2/t19-/m1/s1. The van der Waals surface area contributed by atoms with Crippen LogP contribution in [0, 0.1) is 0 Å². The summed E-state index contributed by atoms with van der Waals surface area (Å²) in [6.07, 6.45) is 5.86. The van der Waals surface area contributed by atoms with Crippen LogP contribution in [0.15, 0.2) is 18.2 Å². The van der Waals surface area contributed by atoms with E-state index in [9.17, 15) is 0 Å². The molecule has 0 spiro atoms. The van der Waals surface area contributed by atoms with Gasteiger partial charge in [0.05, 0.1) is 31.2 Å². The van der Waals surface area contributed by atoms with Crippen LogP contribution in [0.3, 0.4) is 0 Å². The molecule has 0 amide bonds. The van der Waals surface area contributed by atoms with Crippen LogP contribution in [0.2, 0.25) is 0 Å². The van der Waals surface area contributed by atoms with E-state index < -0.39 is 0 Å². The van der Waals surface area contributed by atoms with Crippen LogP contribution in [0.25, 0.3) is 10.2 Å². The van der Waals surface area contributed by atoms with Crippen LogP contribution < -0.4 is 14.4 Å². The highest BCUT2D eigenvalue weighted by Gasteiger charge is 2.33. The number of aryl methyl sites for hydroxylation is 2. The Bertz CT molecular complexity index is 1220. The topological polar surface area (TPSA) is 60.0 Å². The lowest BCUT2D eigenvalue weighted by atomic mass is 10.0. The molecule has 7 rings (SSSR count). The molecular formula is C26H30N4O3S. The second-order valence-corrected chi connectivity index (χ2v) is 10.7. The van der Waals surface area contributed by atoms with E-state index in [0.29, 0.717) is 19.3 Å². The lowest BCUT2D eigenvalue weighted by molar-refractivity contribution is 0.0331. The first-order valence-electron chi connectivity index (χ1n) is 12.6. The van der Waals surface area contributed by atoms with Crippen LogP contribution in [0.4, 0.5) is 5.82 Å². The van der Waals surface area contributed by atoms with Gasteiger partial charge in [-0.2, -0.15) is 0 Å². The fourth-order valence-electron chi connectivity index (χ4n) is 5.89. The quantitative estimate of drug-likeness (QED) is 0.559. The molecule has 1 aromatic carbocycles. The molecule has 1 aliphatic carbocycles. The molecule has 5 heterocycles. The van der Waals surface area contributed by atoms with E-state index in [4.69, 9.17) is 24.2 Å². The van der Waals surface area contributed by atoms with Crippen LogP contribution in [-0.4, -0.2) is 60.9 Å². The van der Waals surface area contributed by atoms with Gasteiger partial charge in [-0.25, -0.2) is 9.97 Å². The number of fused-ring (bicyclic) bond motifs is 4. The van der Waals surface area contributed by atoms with E-state index in [1.807, 2.05) is 11.3 Å². The maximum Gasteiger partial charge on any atom is 0.161 e. The van der Waals surface area contributed by atoms with Gasteiger partial charge < -0.3 is 19.1 Å². The van der Waals surface area contributed by atoms with Gasteiger partial charge in [-0.15, -0.1) is 11.3 Å². The van der Waals surface area contributed by atoms with Crippen molar-refractivity contribution >= 4 is 27.4 Å². The number of ether oxygens (including phenoxy) is 3. The summed E-state index contributed by atoms with van der Waals surface area (Å²) >= 11 is 1.89. The van der Waals surface area contributed by atoms with Gasteiger partial charge in [0.15, 0.2) is 11.5 Å². The van der Waals surface area contributed by atoms with Gasteiger partial charge in [0.1, 0.15) is 29.7 Å². The summed E-state index contributed by atoms with van der Waals surface area (Å²) in [5.74, 6) is 3.81. The van der Waals surface area contributed by atoms with Crippen molar-refractivity contribution in [2.24, 2.45) is 0 Å². The van der Waals surface area contributed by atoms with Crippen LogP contribution in [0.5, 0.6) is 11.5 Å². The Morgan fingerprint density at radius 1 is 0.941 bits per heavy atom. The molecule has 8 heteroatoms. The van der Waals surface area contributed by atoms with Gasteiger partial charge in [0.2, 0.25) is 0 Å². The van der Waals surface area contributed by atoms with Crippen LogP contribution in [0.1, 0.15) is 47.1 Å². The Morgan fingerprint density at radius 3 is 2.74 bits per heavy atom. The summed E-state index contributed by atoms with van der Waals surface area (Å²) in [6.45, 7) is 6.52. The minimum atomic E-state index is 0.294. The summed E-state index contributed by atoms with van der Waals surface area (Å²) in [7, 11) is 0. The molecule has 0 radical (unpaired) electrons. The molecule has 0 bridgehead atoms. The summed E-state index contributed by atoms with van der Waals surface area (Å²) < 4.78 is 17.2. The first-order valence-corrected chi connectivity index (χ1v) is 13.4. The van der Waals surface area contributed by atoms with E-state index in [2.05, 4.69) is 28.0 Å². The number of nitrogens with zero attached hydrogens (tertiary/aromatic N) is 4. The summed E-state index contributed by atoms with van der Waals surface area (Å²) in [5, 5.41) is 1.31. The van der Waals surface area contributed by atoms with E-state index >= 15 is 0 Å². The Balaban J connectivity index is 1.29. The summed E-state index contributed by atoms with van der Waals surface area (Å²) in [6, 6.07) is 6.76. The van der Waals surface area contributed by atoms with Crippen LogP contribution in [-0.2, 0) is 24.1 Å². The fourth-order valence-corrected chi connectivity index (χ4v) is 7.17. The zero-order valence-corrected chi connectivity index (χ0v) is 20.2. The largest absolute Gasteiger partial charge is 0.486 e. The van der Waals surface area contributed by atoms with E-state index in [-0.39, 0.29) is 0 Å². The monoisotopic (exact) mass is 478 g/mol. The second-order valence-electron chi connectivity index (χ2n) is 9.64. The Morgan fingerprint density at radius 2 is 1.82 bits per heavy atom. The molecule has 2 aromatic heterocycles. The highest BCUT2D eigenvalue weighted by Crippen LogP contribution is 2.45. The zero-order valence-electron chi connectivity index (χ0n) is 19.4. The molecule has 0 N–H and O–H groups in total. The normalized spacial score (nSPS) is 22.5. The highest BCUT2D eigenvalue weighted by atomic mass is 32.1. The Hall–Kier alpha value is -2.42. The summed E-state index contributed by atoms with van der Waals surface area (Å²) in [5.41, 5.74) is 2.79. The molecule has 34 heavy (non-hydrogen) atoms. The van der Waals surface area contributed by atoms with Crippen molar-refractivity contribution < 1.29 is 14.2 Å². The lowest BCUT2D eigenvalue weighted by Crippen LogP contribution is -2.36. The maximum absolute atomic E-state index is 5.90. The number of hydrogen-bond acceptors (Lipinski definition) is 8. The average molecular weight is 479 g/mol. The number of morpholine rings is 1. The third-order valence-corrected chi connectivity index (χ3v) is 8.72. The number of benzene rings is 1. The zero-order chi connectivity index (χ0) is 22.5. The third-order valence-electron chi connectivity index (χ3n) is 7.54. The number of anilines is 1. The fraction of sp³-hybridized carbons (Fsp3) is 0.538. The molecule has 3 aromatic rings. The minimum Gasteiger partial charge on any atom is -0.486 e. The molecule has 3 aliphatic heterocycles. The summed E-state index contributed by atoms with van der Waals surface area (Å²) in [4.78, 5) is 18.0. The first kappa shape index (κ1) is 20.9. The van der Waals surface area contributed by atoms with Crippen LogP contribution >= 0.6 is 11.3 Å². The van der Waals surface area contributed by atoms with Crippen molar-refractivity contribution in [3.05, 3.63) is 40.0 Å². The molecule has 4 aliphatic rings. The van der Waals surface area contributed by atoms with Gasteiger partial charge in [0, 0.05) is 24.5 Å². The first-order chi connectivity index (χ1) is 16.8. The minimum absolute atomic E-state index is 0.294. The van der Waals surface area contributed by atoms with Crippen molar-refractivity contribution in [1.82, 2.24) is 14.9 Å². The van der Waals surface area contributed by atoms with Crippen molar-refractivity contribution in [3.8, 4) is 11.5 Å². The molecule has 2 fully saturated rings. The second kappa shape index (κ2) is 8.66. The lowest BCUT2D eigenvalue weighted by Gasteiger charge is -2.29. The van der Waals surface area contributed by atoms with Gasteiger partial charge >= 0.3 is 0 Å². The van der Waals surface area contributed by atoms with Crippen molar-refractivity contribution in [1.29, 1.82) is 0 Å². The third kappa shape index (κ3) is 3.63. The van der Waals surface area contributed by atoms with Gasteiger partial charge in [0.25, 0.3) is 0 Å². The molecule has 7 nitrogen and oxygen atoms in total. The SMILES string of the molecule is c1cc2c(cc1[C@H]1CCCN1c1nc(CN3CCOCC3)nc3sc4c(c13)CCC4)OCCO2.